The van der Waals surface area contributed by atoms with Crippen LogP contribution in [0.4, 0.5) is 0 Å². The van der Waals surface area contributed by atoms with Crippen molar-refractivity contribution in [1.29, 1.82) is 0 Å². The Balaban J connectivity index is 1.53. The number of carboxylic acids is 1. The van der Waals surface area contributed by atoms with Crippen molar-refractivity contribution in [2.45, 2.75) is 51.1 Å². The summed E-state index contributed by atoms with van der Waals surface area (Å²) in [6, 6.07) is 7.99. The molecule has 0 saturated heterocycles. The molecule has 26 heavy (non-hydrogen) atoms. The molecule has 0 radical (unpaired) electrons. The number of carbonyl (C=O) groups excluding carboxylic acids is 1. The number of hydrogen-bond acceptors (Lipinski definition) is 3. The molecule has 0 spiro atoms. The molecule has 1 amide bonds. The van der Waals surface area contributed by atoms with Gasteiger partial charge in [-0.15, -0.1) is 0 Å². The van der Waals surface area contributed by atoms with E-state index in [0.717, 1.165) is 36.0 Å². The van der Waals surface area contributed by atoms with Crippen LogP contribution in [0.1, 0.15) is 58.9 Å². The third-order valence-electron chi connectivity index (χ3n) is 5.53. The zero-order chi connectivity index (χ0) is 18.1. The minimum Gasteiger partial charge on any atom is -0.481 e. The summed E-state index contributed by atoms with van der Waals surface area (Å²) < 4.78 is 1.94. The number of aliphatic carboxylic acids is 1. The maximum atomic E-state index is 12.9. The van der Waals surface area contributed by atoms with Crippen LogP contribution >= 0.6 is 0 Å². The van der Waals surface area contributed by atoms with Gasteiger partial charge in [-0.05, 0) is 42.0 Å². The molecule has 2 aromatic rings. The van der Waals surface area contributed by atoms with E-state index in [4.69, 9.17) is 5.11 Å². The van der Waals surface area contributed by atoms with Crippen LogP contribution in [0, 0.1) is 0 Å². The van der Waals surface area contributed by atoms with Gasteiger partial charge in [-0.25, -0.2) is 0 Å². The van der Waals surface area contributed by atoms with Gasteiger partial charge in [-0.2, -0.15) is 5.10 Å². The predicted molar refractivity (Wildman–Crippen MR) is 96.0 cm³/mol. The quantitative estimate of drug-likeness (QED) is 0.917. The predicted octanol–water partition coefficient (Wildman–Crippen LogP) is 2.82. The number of amides is 1. The lowest BCUT2D eigenvalue weighted by atomic mass is 9.93. The molecule has 1 aromatic heterocycles. The molecule has 136 valence electrons. The van der Waals surface area contributed by atoms with Crippen LogP contribution in [0.5, 0.6) is 0 Å². The number of carbonyl (C=O) groups is 2. The smallest absolute Gasteiger partial charge is 0.307 e. The third-order valence-corrected chi connectivity index (χ3v) is 5.53. The van der Waals surface area contributed by atoms with E-state index >= 15 is 0 Å². The summed E-state index contributed by atoms with van der Waals surface area (Å²) in [4.78, 5) is 25.8. The van der Waals surface area contributed by atoms with Gasteiger partial charge in [0, 0.05) is 19.3 Å². The van der Waals surface area contributed by atoms with E-state index < -0.39 is 5.97 Å². The van der Waals surface area contributed by atoms with Crippen LogP contribution in [-0.2, 0) is 24.2 Å². The maximum absolute atomic E-state index is 12.9. The first-order valence-electron chi connectivity index (χ1n) is 9.27. The van der Waals surface area contributed by atoms with Gasteiger partial charge in [-0.1, -0.05) is 31.0 Å². The SMILES string of the molecule is O=C(O)Cc1cccc2c1CN(C(=O)c1ccn(C3CCCC3)n1)CC2. The number of fused-ring (bicyclic) bond motifs is 1. The Morgan fingerprint density at radius 2 is 2.00 bits per heavy atom. The van der Waals surface area contributed by atoms with Crippen LogP contribution in [-0.4, -0.2) is 38.2 Å². The maximum Gasteiger partial charge on any atom is 0.307 e. The van der Waals surface area contributed by atoms with Gasteiger partial charge in [0.1, 0.15) is 5.69 Å². The Bertz CT molecular complexity index is 837. The minimum absolute atomic E-state index is 0.0124. The molecule has 2 heterocycles. The zero-order valence-electron chi connectivity index (χ0n) is 14.7. The molecule has 0 unspecified atom stereocenters. The fourth-order valence-corrected chi connectivity index (χ4v) is 4.14. The molecule has 2 aliphatic rings. The van der Waals surface area contributed by atoms with Crippen molar-refractivity contribution in [2.75, 3.05) is 6.54 Å². The van der Waals surface area contributed by atoms with Crippen molar-refractivity contribution >= 4 is 11.9 Å². The molecule has 6 heteroatoms. The summed E-state index contributed by atoms with van der Waals surface area (Å²) in [6.45, 7) is 1.09. The van der Waals surface area contributed by atoms with E-state index in [-0.39, 0.29) is 12.3 Å². The Morgan fingerprint density at radius 1 is 1.19 bits per heavy atom. The van der Waals surface area contributed by atoms with E-state index in [9.17, 15) is 9.59 Å². The van der Waals surface area contributed by atoms with Crippen LogP contribution in [0.15, 0.2) is 30.5 Å². The second-order valence-electron chi connectivity index (χ2n) is 7.22. The molecule has 1 aliphatic carbocycles. The lowest BCUT2D eigenvalue weighted by molar-refractivity contribution is -0.136. The highest BCUT2D eigenvalue weighted by atomic mass is 16.4. The van der Waals surface area contributed by atoms with E-state index in [0.29, 0.717) is 24.8 Å². The lowest BCUT2D eigenvalue weighted by Gasteiger charge is -2.29. The molecule has 4 rings (SSSR count). The van der Waals surface area contributed by atoms with Crippen molar-refractivity contribution in [2.24, 2.45) is 0 Å². The van der Waals surface area contributed by atoms with Gasteiger partial charge < -0.3 is 10.0 Å². The van der Waals surface area contributed by atoms with E-state index in [2.05, 4.69) is 5.10 Å². The topological polar surface area (TPSA) is 75.4 Å². The summed E-state index contributed by atoms with van der Waals surface area (Å²) in [5.41, 5.74) is 3.40. The summed E-state index contributed by atoms with van der Waals surface area (Å²) in [5, 5.41) is 13.7. The van der Waals surface area contributed by atoms with Gasteiger partial charge in [0.15, 0.2) is 0 Å². The second-order valence-corrected chi connectivity index (χ2v) is 7.22. The highest BCUT2D eigenvalue weighted by Crippen LogP contribution is 2.29. The second kappa shape index (κ2) is 6.94. The first-order valence-corrected chi connectivity index (χ1v) is 9.27. The highest BCUT2D eigenvalue weighted by molar-refractivity contribution is 5.92. The Morgan fingerprint density at radius 3 is 2.77 bits per heavy atom. The molecule has 1 aliphatic heterocycles. The monoisotopic (exact) mass is 353 g/mol. The number of hydrogen-bond donors (Lipinski definition) is 1. The normalized spacial score (nSPS) is 17.3. The number of carboxylic acid groups (broad SMARTS) is 1. The Labute approximate surface area is 152 Å². The molecule has 1 aromatic carbocycles. The van der Waals surface area contributed by atoms with Crippen molar-refractivity contribution in [3.8, 4) is 0 Å². The molecule has 1 fully saturated rings. The molecule has 0 bridgehead atoms. The van der Waals surface area contributed by atoms with Gasteiger partial charge in [-0.3, -0.25) is 14.3 Å². The fourth-order valence-electron chi connectivity index (χ4n) is 4.14. The molecule has 6 nitrogen and oxygen atoms in total. The van der Waals surface area contributed by atoms with Crippen molar-refractivity contribution in [3.63, 3.8) is 0 Å². The highest BCUT2D eigenvalue weighted by Gasteiger charge is 2.26. The average molecular weight is 353 g/mol. The minimum atomic E-state index is -0.850. The molecule has 1 N–H and O–H groups in total. The first-order chi connectivity index (χ1) is 12.6. The lowest BCUT2D eigenvalue weighted by Crippen LogP contribution is -2.37. The van der Waals surface area contributed by atoms with Crippen LogP contribution in [0.2, 0.25) is 0 Å². The number of nitrogens with zero attached hydrogens (tertiary/aromatic N) is 3. The Kier molecular flexibility index (Phi) is 4.49. The van der Waals surface area contributed by atoms with Crippen molar-refractivity contribution in [1.82, 2.24) is 14.7 Å². The van der Waals surface area contributed by atoms with Crippen LogP contribution in [0.25, 0.3) is 0 Å². The van der Waals surface area contributed by atoms with E-state index in [1.54, 1.807) is 11.0 Å². The van der Waals surface area contributed by atoms with Crippen molar-refractivity contribution < 1.29 is 14.7 Å². The first kappa shape index (κ1) is 16.8. The van der Waals surface area contributed by atoms with Gasteiger partial charge in [0.25, 0.3) is 5.91 Å². The van der Waals surface area contributed by atoms with Crippen LogP contribution in [0.3, 0.4) is 0 Å². The molecule has 1 saturated carbocycles. The number of benzene rings is 1. The third kappa shape index (κ3) is 3.23. The number of rotatable bonds is 4. The molecular weight excluding hydrogens is 330 g/mol. The molecule has 0 atom stereocenters. The molecular formula is C20H23N3O3. The zero-order valence-corrected chi connectivity index (χ0v) is 14.7. The van der Waals surface area contributed by atoms with Crippen molar-refractivity contribution in [3.05, 3.63) is 52.8 Å². The fraction of sp³-hybridized carbons (Fsp3) is 0.450. The summed E-state index contributed by atoms with van der Waals surface area (Å²) in [7, 11) is 0. The van der Waals surface area contributed by atoms with Crippen LogP contribution < -0.4 is 0 Å². The van der Waals surface area contributed by atoms with Gasteiger partial charge >= 0.3 is 5.97 Å². The summed E-state index contributed by atoms with van der Waals surface area (Å²) in [6.07, 6.45) is 7.36. The average Bonchev–Trinajstić information content (AvgIpc) is 3.32. The van der Waals surface area contributed by atoms with E-state index in [1.807, 2.05) is 29.1 Å². The number of aromatic nitrogens is 2. The van der Waals surface area contributed by atoms with Gasteiger partial charge in [0.2, 0.25) is 0 Å². The Hall–Kier alpha value is -2.63. The largest absolute Gasteiger partial charge is 0.481 e. The summed E-state index contributed by atoms with van der Waals surface area (Å²) in [5.74, 6) is -0.922. The van der Waals surface area contributed by atoms with E-state index in [1.165, 1.54) is 12.8 Å². The standard InChI is InChI=1S/C20H23N3O3/c24-19(25)12-15-5-3-4-14-8-10-22(13-17(14)15)20(26)18-9-11-23(21-18)16-6-1-2-7-16/h3-5,9,11,16H,1-2,6-8,10,12-13H2,(H,24,25). The van der Waals surface area contributed by atoms with Gasteiger partial charge in [0.05, 0.1) is 12.5 Å². The summed E-state index contributed by atoms with van der Waals surface area (Å²) >= 11 is 0.